The summed E-state index contributed by atoms with van der Waals surface area (Å²) in [5, 5.41) is 1.08. The van der Waals surface area contributed by atoms with E-state index in [1.54, 1.807) is 19.2 Å². The molecule has 2 aromatic heterocycles. The molecule has 3 aromatic rings. The molecule has 4 rings (SSSR count). The van der Waals surface area contributed by atoms with Crippen molar-refractivity contribution in [3.8, 4) is 0 Å². The van der Waals surface area contributed by atoms with Crippen molar-refractivity contribution < 1.29 is 14.3 Å². The molecule has 1 saturated heterocycles. The number of methoxy groups -OCH3 is 1. The van der Waals surface area contributed by atoms with Crippen LogP contribution in [0.2, 0.25) is 0 Å². The number of anilines is 1. The summed E-state index contributed by atoms with van der Waals surface area (Å²) < 4.78 is 18.5. The van der Waals surface area contributed by atoms with Gasteiger partial charge < -0.3 is 19.8 Å². The van der Waals surface area contributed by atoms with E-state index in [2.05, 4.69) is 24.6 Å². The standard InChI is InChI=1S/C25H36N6O3S/c1-3-34-25(32)18-10-15-30(16-11-18)35-27-13-6-7-14-31-21(12-17-33-2)29-22-23(31)19-8-4-5-9-20(19)28-24(22)26/h4-5,8-9,18,27H,3,6-7,10-17H2,1-2H3,(H2,26,28). The number of hydrogen-bond donors (Lipinski definition) is 2. The van der Waals surface area contributed by atoms with E-state index in [4.69, 9.17) is 20.2 Å². The van der Waals surface area contributed by atoms with Crippen LogP contribution in [0.3, 0.4) is 0 Å². The Bertz CT molecular complexity index is 1130. The normalized spacial score (nSPS) is 15.3. The van der Waals surface area contributed by atoms with Gasteiger partial charge in [0.2, 0.25) is 0 Å². The largest absolute Gasteiger partial charge is 0.466 e. The number of aromatic nitrogens is 3. The maximum Gasteiger partial charge on any atom is 0.309 e. The zero-order valence-corrected chi connectivity index (χ0v) is 21.5. The molecule has 1 aromatic carbocycles. The summed E-state index contributed by atoms with van der Waals surface area (Å²) in [6.07, 6.45) is 4.50. The lowest BCUT2D eigenvalue weighted by molar-refractivity contribution is -0.149. The lowest BCUT2D eigenvalue weighted by Crippen LogP contribution is -2.34. The van der Waals surface area contributed by atoms with Crippen molar-refractivity contribution in [1.29, 1.82) is 0 Å². The minimum Gasteiger partial charge on any atom is -0.466 e. The first-order chi connectivity index (χ1) is 17.1. The van der Waals surface area contributed by atoms with Crippen molar-refractivity contribution in [2.24, 2.45) is 5.92 Å². The molecule has 3 heterocycles. The summed E-state index contributed by atoms with van der Waals surface area (Å²) in [5.74, 6) is 1.45. The van der Waals surface area contributed by atoms with Crippen molar-refractivity contribution in [1.82, 2.24) is 23.6 Å². The first kappa shape index (κ1) is 25.7. The number of imidazole rings is 1. The second kappa shape index (κ2) is 12.5. The lowest BCUT2D eigenvalue weighted by Gasteiger charge is -2.29. The van der Waals surface area contributed by atoms with Gasteiger partial charge in [-0.15, -0.1) is 0 Å². The van der Waals surface area contributed by atoms with Crippen LogP contribution in [0, 0.1) is 5.92 Å². The minimum absolute atomic E-state index is 0.0458. The van der Waals surface area contributed by atoms with E-state index in [0.717, 1.165) is 86.0 Å². The number of piperidine rings is 1. The highest BCUT2D eigenvalue weighted by molar-refractivity contribution is 7.95. The number of carbonyl (C=O) groups excluding carboxylic acids is 1. The summed E-state index contributed by atoms with van der Waals surface area (Å²) in [5.41, 5.74) is 9.00. The number of esters is 1. The second-order valence-corrected chi connectivity index (χ2v) is 9.77. The van der Waals surface area contributed by atoms with Gasteiger partial charge in [0.1, 0.15) is 11.3 Å². The average Bonchev–Trinajstić information content (AvgIpc) is 3.24. The molecule has 190 valence electrons. The average molecular weight is 501 g/mol. The Labute approximate surface area is 211 Å². The molecule has 0 unspecified atom stereocenters. The number of benzene rings is 1. The fourth-order valence-electron chi connectivity index (χ4n) is 4.58. The first-order valence-corrected chi connectivity index (χ1v) is 13.2. The van der Waals surface area contributed by atoms with Crippen molar-refractivity contribution >= 4 is 45.9 Å². The van der Waals surface area contributed by atoms with Gasteiger partial charge in [-0.3, -0.25) is 9.52 Å². The van der Waals surface area contributed by atoms with E-state index in [1.807, 2.05) is 25.1 Å². The molecule has 0 saturated carbocycles. The number of rotatable bonds is 12. The van der Waals surface area contributed by atoms with Gasteiger partial charge in [-0.05, 0) is 38.7 Å². The van der Waals surface area contributed by atoms with E-state index >= 15 is 0 Å². The van der Waals surface area contributed by atoms with E-state index in [9.17, 15) is 4.79 Å². The Morgan fingerprint density at radius 2 is 2.03 bits per heavy atom. The van der Waals surface area contributed by atoms with Crippen LogP contribution in [0.4, 0.5) is 5.82 Å². The van der Waals surface area contributed by atoms with Crippen LogP contribution >= 0.6 is 12.1 Å². The summed E-state index contributed by atoms with van der Waals surface area (Å²) in [4.78, 5) is 21.3. The number of fused-ring (bicyclic) bond motifs is 3. The third-order valence-corrected chi connectivity index (χ3v) is 7.35. The fourth-order valence-corrected chi connectivity index (χ4v) is 5.39. The highest BCUT2D eigenvalue weighted by Crippen LogP contribution is 2.29. The molecular formula is C25H36N6O3S. The smallest absolute Gasteiger partial charge is 0.309 e. The molecule has 35 heavy (non-hydrogen) atoms. The van der Waals surface area contributed by atoms with Crippen LogP contribution in [0.5, 0.6) is 0 Å². The minimum atomic E-state index is -0.0488. The third kappa shape index (κ3) is 6.24. The van der Waals surface area contributed by atoms with E-state index < -0.39 is 0 Å². The van der Waals surface area contributed by atoms with Crippen LogP contribution < -0.4 is 10.5 Å². The maximum absolute atomic E-state index is 11.9. The van der Waals surface area contributed by atoms with E-state index in [1.165, 1.54) is 0 Å². The third-order valence-electron chi connectivity index (χ3n) is 6.40. The number of nitrogens with one attached hydrogen (secondary N) is 1. The van der Waals surface area contributed by atoms with Gasteiger partial charge >= 0.3 is 5.97 Å². The molecule has 1 aliphatic rings. The number of nitrogens with two attached hydrogens (primary N) is 1. The van der Waals surface area contributed by atoms with Gasteiger partial charge in [0.25, 0.3) is 0 Å². The van der Waals surface area contributed by atoms with Gasteiger partial charge in [-0.2, -0.15) is 0 Å². The number of para-hydroxylation sites is 1. The molecule has 0 aliphatic carbocycles. The van der Waals surface area contributed by atoms with Crippen LogP contribution in [0.1, 0.15) is 38.4 Å². The van der Waals surface area contributed by atoms with E-state index in [0.29, 0.717) is 19.0 Å². The highest BCUT2D eigenvalue weighted by atomic mass is 32.2. The van der Waals surface area contributed by atoms with Crippen molar-refractivity contribution in [3.05, 3.63) is 30.1 Å². The first-order valence-electron chi connectivity index (χ1n) is 12.5. The number of hydrogen-bond acceptors (Lipinski definition) is 9. The molecular weight excluding hydrogens is 464 g/mol. The van der Waals surface area contributed by atoms with E-state index in [-0.39, 0.29) is 11.9 Å². The van der Waals surface area contributed by atoms with Gasteiger partial charge in [0, 0.05) is 57.2 Å². The maximum atomic E-state index is 11.9. The predicted molar refractivity (Wildman–Crippen MR) is 141 cm³/mol. The van der Waals surface area contributed by atoms with Gasteiger partial charge in [0.15, 0.2) is 5.82 Å². The van der Waals surface area contributed by atoms with Crippen LogP contribution in [0.25, 0.3) is 21.9 Å². The molecule has 0 bridgehead atoms. The number of pyridine rings is 1. The molecule has 10 heteroatoms. The van der Waals surface area contributed by atoms with Crippen LogP contribution in [0.15, 0.2) is 24.3 Å². The molecule has 0 atom stereocenters. The van der Waals surface area contributed by atoms with Gasteiger partial charge in [0.05, 0.1) is 30.2 Å². The lowest BCUT2D eigenvalue weighted by atomic mass is 9.98. The number of aryl methyl sites for hydroxylation is 1. The monoisotopic (exact) mass is 500 g/mol. The molecule has 1 aliphatic heterocycles. The molecule has 1 fully saturated rings. The highest BCUT2D eigenvalue weighted by Gasteiger charge is 2.26. The predicted octanol–water partition coefficient (Wildman–Crippen LogP) is 3.56. The summed E-state index contributed by atoms with van der Waals surface area (Å²) in [6, 6.07) is 8.10. The Kier molecular flexibility index (Phi) is 9.19. The summed E-state index contributed by atoms with van der Waals surface area (Å²) in [7, 11) is 1.71. The zero-order chi connectivity index (χ0) is 24.6. The summed E-state index contributed by atoms with van der Waals surface area (Å²) in [6.45, 7) is 6.49. The molecule has 0 amide bonds. The number of ether oxygens (including phenoxy) is 2. The Morgan fingerprint density at radius 1 is 1.23 bits per heavy atom. The molecule has 0 spiro atoms. The van der Waals surface area contributed by atoms with Crippen LogP contribution in [-0.4, -0.2) is 64.8 Å². The van der Waals surface area contributed by atoms with Crippen LogP contribution in [-0.2, 0) is 27.2 Å². The second-order valence-electron chi connectivity index (χ2n) is 8.78. The Morgan fingerprint density at radius 3 is 2.80 bits per heavy atom. The van der Waals surface area contributed by atoms with Crippen molar-refractivity contribution in [2.75, 3.05) is 45.7 Å². The fraction of sp³-hybridized carbons (Fsp3) is 0.560. The summed E-state index contributed by atoms with van der Waals surface area (Å²) >= 11 is 1.66. The Balaban J connectivity index is 1.31. The topological polar surface area (TPSA) is 108 Å². The quantitative estimate of drug-likeness (QED) is 0.219. The van der Waals surface area contributed by atoms with Gasteiger partial charge in [-0.25, -0.2) is 14.3 Å². The molecule has 3 N–H and O–H groups in total. The van der Waals surface area contributed by atoms with Crippen molar-refractivity contribution in [2.45, 2.75) is 45.6 Å². The number of unbranched alkanes of at least 4 members (excludes halogenated alkanes) is 1. The van der Waals surface area contributed by atoms with Gasteiger partial charge in [-0.1, -0.05) is 18.2 Å². The number of nitrogens with zero attached hydrogens (tertiary/aromatic N) is 4. The SMILES string of the molecule is CCOC(=O)C1CCN(SNCCCCn2c(CCOC)nc3c(N)nc4ccccc4c32)CC1. The van der Waals surface area contributed by atoms with Crippen molar-refractivity contribution in [3.63, 3.8) is 0 Å². The number of carbonyl (C=O) groups is 1. The number of nitrogen functional groups attached to an aromatic ring is 1. The zero-order valence-electron chi connectivity index (χ0n) is 20.7. The molecule has 0 radical (unpaired) electrons. The molecule has 9 nitrogen and oxygen atoms in total. The Hall–Kier alpha value is -2.40.